The molecule has 8 heavy (non-hydrogen) atoms. The zero-order valence-electron chi connectivity index (χ0n) is 1.71. The van der Waals surface area contributed by atoms with Crippen LogP contribution in [0.15, 0.2) is 0 Å². The van der Waals surface area contributed by atoms with Crippen LogP contribution < -0.4 is 0 Å². The summed E-state index contributed by atoms with van der Waals surface area (Å²) in [6.07, 6.45) is 0. The Balaban J connectivity index is -0.00000000750. The third-order valence-electron chi connectivity index (χ3n) is 0.0333. The van der Waals surface area contributed by atoms with Crippen LogP contribution in [0, 0.1) is 0 Å². The van der Waals surface area contributed by atoms with Gasteiger partial charge in [0.25, 0.3) is 0 Å². The minimum absolute atomic E-state index is 0. The first-order valence-corrected chi connectivity index (χ1v) is 0.532. The van der Waals surface area contributed by atoms with Gasteiger partial charge in [-0.2, -0.15) is 0 Å². The fraction of sp³-hybridized carbons (Fsp3) is 0. The Hall–Kier alpha value is 4.88. The first-order valence-electron chi connectivity index (χ1n) is 0.532. The first-order chi connectivity index (χ1) is 1.91. The zero-order valence-corrected chi connectivity index (χ0v) is 1.71. The van der Waals surface area contributed by atoms with Crippen molar-refractivity contribution in [3.05, 3.63) is 0 Å². The molecule has 2 N–H and O–H groups in total. The third kappa shape index (κ3) is 30.7. The molecule has 0 heterocycles. The van der Waals surface area contributed by atoms with Gasteiger partial charge in [-0.3, -0.25) is 0 Å². The van der Waals surface area contributed by atoms with Gasteiger partial charge in [-0.05, 0) is 10.1 Å². The van der Waals surface area contributed by atoms with E-state index < -0.39 is 0 Å². The van der Waals surface area contributed by atoms with Gasteiger partial charge in [0.05, 0.1) is 0 Å². The summed E-state index contributed by atoms with van der Waals surface area (Å²) in [5.74, 6) is 0. The molecule has 0 amide bonds. The summed E-state index contributed by atoms with van der Waals surface area (Å²) in [7, 11) is 0. The van der Waals surface area contributed by atoms with Crippen LogP contribution in [0.2, 0.25) is 0 Å². The van der Waals surface area contributed by atoms with Crippen molar-refractivity contribution in [1.82, 2.24) is 0 Å². The summed E-state index contributed by atoms with van der Waals surface area (Å²) in [6, 6.07) is 0. The van der Waals surface area contributed by atoms with E-state index in [1.165, 1.54) is 0 Å². The third-order valence-corrected chi connectivity index (χ3v) is 0.0333. The average molecular weight is 234 g/mol. The van der Waals surface area contributed by atoms with Gasteiger partial charge < -0.3 is 0 Å². The molecule has 0 unspecified atom stereocenters. The van der Waals surface area contributed by atoms with Crippen LogP contribution in [-0.4, -0.2) is 161 Å². The molecule has 42 valence electrons. The molecule has 8 heteroatoms. The molecule has 0 spiro atoms. The van der Waals surface area contributed by atoms with Gasteiger partial charge in [-0.15, -0.1) is 0 Å². The molecular weight excluding hydrogens is 224 g/mol. The predicted molar refractivity (Wildman–Crippen MR) is 41.6 cm³/mol. The van der Waals surface area contributed by atoms with E-state index in [4.69, 9.17) is 10.5 Å². The Labute approximate surface area is 166 Å². The van der Waals surface area contributed by atoms with Crippen molar-refractivity contribution >= 4 is 151 Å². The molecule has 0 aromatic heterocycles. The van der Waals surface area contributed by atoms with Gasteiger partial charge in [-0.25, -0.2) is 10.5 Å². The van der Waals surface area contributed by atoms with Crippen LogP contribution in [0.25, 0.3) is 0 Å². The van der Waals surface area contributed by atoms with E-state index in [9.17, 15) is 0 Å². The van der Waals surface area contributed by atoms with Crippen LogP contribution in [0.4, 0.5) is 0 Å². The second kappa shape index (κ2) is 29.7. The van der Waals surface area contributed by atoms with Crippen LogP contribution in [0.5, 0.6) is 0 Å². The molecule has 0 aromatic carbocycles. The van der Waals surface area contributed by atoms with Gasteiger partial charge in [0.1, 0.15) is 0 Å². The van der Waals surface area contributed by atoms with Crippen molar-refractivity contribution in [2.75, 3.05) is 0 Å². The van der Waals surface area contributed by atoms with Crippen molar-refractivity contribution in [3.63, 3.8) is 0 Å². The standard InChI is InChI=1S/4Ca.H2O4.8H/c;;;;1-3-4-2;;;;;;;;/h;;;;1-2H;;;;;;;;. The molecule has 0 aliphatic carbocycles. The molecule has 0 radical (unpaired) electrons. The predicted octanol–water partition coefficient (Wildman–Crippen LogP) is -3.78. The number of hydrogen-bond acceptors (Lipinski definition) is 4. The van der Waals surface area contributed by atoms with E-state index in [2.05, 4.69) is 10.1 Å². The second-order valence-electron chi connectivity index (χ2n) is 0.149. The monoisotopic (exact) mass is 234 g/mol. The summed E-state index contributed by atoms with van der Waals surface area (Å²) in [6.45, 7) is 0. The average Bonchev–Trinajstić information content (AvgIpc) is 1.37. The topological polar surface area (TPSA) is 58.9 Å². The van der Waals surface area contributed by atoms with Crippen LogP contribution in [-0.2, 0) is 10.1 Å². The van der Waals surface area contributed by atoms with Crippen LogP contribution >= 0.6 is 0 Å². The molecule has 0 aromatic rings. The fourth-order valence-electron chi connectivity index (χ4n) is 0. The van der Waals surface area contributed by atoms with Crippen molar-refractivity contribution in [2.45, 2.75) is 0 Å². The first kappa shape index (κ1) is 29.3. The Bertz CT molecular complexity index is 10.0. The van der Waals surface area contributed by atoms with Gasteiger partial charge in [-0.1, -0.05) is 0 Å². The molecule has 0 atom stereocenters. The van der Waals surface area contributed by atoms with E-state index in [1.807, 2.05) is 0 Å². The molecule has 0 saturated carbocycles. The van der Waals surface area contributed by atoms with E-state index in [-0.39, 0.29) is 151 Å². The molecule has 0 aliphatic rings. The van der Waals surface area contributed by atoms with Gasteiger partial charge >= 0.3 is 151 Å². The van der Waals surface area contributed by atoms with Crippen molar-refractivity contribution in [3.8, 4) is 0 Å². The molecule has 0 saturated heterocycles. The Kier molecular flexibility index (Phi) is 109. The normalized spacial score (nSPS) is 3.75. The SMILES string of the molecule is OOOO.[CaH2].[CaH2].[CaH2].[CaH2]. The van der Waals surface area contributed by atoms with Crippen LogP contribution in [0.1, 0.15) is 0 Å². The van der Waals surface area contributed by atoms with Crippen molar-refractivity contribution in [2.24, 2.45) is 0 Å². The van der Waals surface area contributed by atoms with Crippen molar-refractivity contribution < 1.29 is 20.6 Å². The minimum atomic E-state index is 0. The van der Waals surface area contributed by atoms with Gasteiger partial charge in [0, 0.05) is 0 Å². The van der Waals surface area contributed by atoms with E-state index in [0.717, 1.165) is 0 Å². The summed E-state index contributed by atoms with van der Waals surface area (Å²) in [5, 5.41) is 19.0. The Morgan fingerprint density at radius 2 is 0.750 bits per heavy atom. The molecular formula is H10Ca4O4. The van der Waals surface area contributed by atoms with E-state index in [0.29, 0.717) is 0 Å². The Morgan fingerprint density at radius 3 is 0.750 bits per heavy atom. The van der Waals surface area contributed by atoms with Crippen LogP contribution in [0.3, 0.4) is 0 Å². The maximum atomic E-state index is 6.90. The maximum absolute atomic E-state index is 6.90. The zero-order chi connectivity index (χ0) is 3.41. The summed E-state index contributed by atoms with van der Waals surface area (Å²) >= 11 is 0. The summed E-state index contributed by atoms with van der Waals surface area (Å²) in [4.78, 5) is 0. The molecule has 0 rings (SSSR count). The fourth-order valence-corrected chi connectivity index (χ4v) is 0. The van der Waals surface area contributed by atoms with Crippen molar-refractivity contribution in [1.29, 1.82) is 0 Å². The molecule has 0 fully saturated rings. The Morgan fingerprint density at radius 1 is 0.625 bits per heavy atom. The van der Waals surface area contributed by atoms with E-state index in [1.54, 1.807) is 0 Å². The molecule has 0 aliphatic heterocycles. The van der Waals surface area contributed by atoms with Gasteiger partial charge in [0.15, 0.2) is 0 Å². The van der Waals surface area contributed by atoms with Gasteiger partial charge in [0.2, 0.25) is 0 Å². The molecule has 0 bridgehead atoms. The quantitative estimate of drug-likeness (QED) is 0.278. The number of hydrogen-bond donors (Lipinski definition) is 2. The molecule has 4 nitrogen and oxygen atoms in total. The van der Waals surface area contributed by atoms with E-state index >= 15 is 0 Å². The summed E-state index contributed by atoms with van der Waals surface area (Å²) in [5.41, 5.74) is 0. The summed E-state index contributed by atoms with van der Waals surface area (Å²) < 4.78 is 0. The second-order valence-corrected chi connectivity index (χ2v) is 0.149. The number of rotatable bonds is 1.